The van der Waals surface area contributed by atoms with Crippen LogP contribution < -0.4 is 5.32 Å². The number of hydrogen-bond donors (Lipinski definition) is 3. The Morgan fingerprint density at radius 1 is 1.56 bits per heavy atom. The fraction of sp³-hybridized carbons (Fsp3) is 0.667. The summed E-state index contributed by atoms with van der Waals surface area (Å²) in [6.45, 7) is 2.99. The molecule has 1 heterocycles. The molecule has 0 aromatic carbocycles. The monoisotopic (exact) mass is 225 g/mol. The summed E-state index contributed by atoms with van der Waals surface area (Å²) in [6.07, 6.45) is 0.529. The van der Waals surface area contributed by atoms with Crippen LogP contribution in [0.25, 0.3) is 0 Å². The van der Waals surface area contributed by atoms with E-state index in [0.29, 0.717) is 19.0 Å². The predicted molar refractivity (Wildman–Crippen MR) is 60.0 cm³/mol. The van der Waals surface area contributed by atoms with Crippen LogP contribution in [0.15, 0.2) is 16.5 Å². The molecular formula is C12H19NO3. The van der Waals surface area contributed by atoms with Crippen LogP contribution in [-0.4, -0.2) is 29.5 Å². The van der Waals surface area contributed by atoms with Gasteiger partial charge in [0.25, 0.3) is 0 Å². The van der Waals surface area contributed by atoms with Gasteiger partial charge in [0.2, 0.25) is 0 Å². The van der Waals surface area contributed by atoms with Crippen molar-refractivity contribution in [3.63, 3.8) is 0 Å². The second kappa shape index (κ2) is 4.99. The summed E-state index contributed by atoms with van der Waals surface area (Å²) >= 11 is 0. The Kier molecular flexibility index (Phi) is 3.63. The van der Waals surface area contributed by atoms with Gasteiger partial charge in [0.15, 0.2) is 0 Å². The van der Waals surface area contributed by atoms with Crippen LogP contribution in [0.3, 0.4) is 0 Å². The van der Waals surface area contributed by atoms with Gasteiger partial charge in [0.1, 0.15) is 11.5 Å². The van der Waals surface area contributed by atoms with Crippen LogP contribution in [0.1, 0.15) is 30.8 Å². The summed E-state index contributed by atoms with van der Waals surface area (Å²) in [6, 6.07) is 4.01. The molecule has 1 aliphatic rings. The number of aliphatic hydroxyl groups is 2. The second-order valence-corrected chi connectivity index (χ2v) is 4.59. The maximum Gasteiger partial charge on any atom is 0.117 e. The van der Waals surface area contributed by atoms with Crippen molar-refractivity contribution < 1.29 is 14.6 Å². The molecule has 4 nitrogen and oxygen atoms in total. The molecule has 1 fully saturated rings. The normalized spacial score (nSPS) is 25.7. The molecule has 4 heteroatoms. The number of aliphatic hydroxyl groups excluding tert-OH is 2. The van der Waals surface area contributed by atoms with Crippen molar-refractivity contribution in [2.24, 2.45) is 5.92 Å². The second-order valence-electron chi connectivity index (χ2n) is 4.59. The third-order valence-corrected chi connectivity index (χ3v) is 3.05. The summed E-state index contributed by atoms with van der Waals surface area (Å²) in [5.41, 5.74) is 0. The molecule has 1 saturated carbocycles. The van der Waals surface area contributed by atoms with Gasteiger partial charge in [-0.3, -0.25) is 0 Å². The maximum absolute atomic E-state index is 9.13. The highest BCUT2D eigenvalue weighted by atomic mass is 16.3. The minimum Gasteiger partial charge on any atom is -0.464 e. The van der Waals surface area contributed by atoms with Crippen LogP contribution in [0.2, 0.25) is 0 Å². The van der Waals surface area contributed by atoms with Gasteiger partial charge in [-0.15, -0.1) is 0 Å². The summed E-state index contributed by atoms with van der Waals surface area (Å²) in [5, 5.41) is 20.8. The first-order chi connectivity index (χ1) is 7.70. The van der Waals surface area contributed by atoms with E-state index in [-0.39, 0.29) is 6.61 Å². The minimum absolute atomic E-state index is 0.212. The Morgan fingerprint density at radius 2 is 2.31 bits per heavy atom. The Morgan fingerprint density at radius 3 is 2.94 bits per heavy atom. The zero-order chi connectivity index (χ0) is 11.5. The molecule has 0 amide bonds. The first kappa shape index (κ1) is 11.6. The number of rotatable bonds is 6. The highest BCUT2D eigenvalue weighted by Gasteiger charge is 2.36. The van der Waals surface area contributed by atoms with Crippen molar-refractivity contribution in [3.8, 4) is 0 Å². The van der Waals surface area contributed by atoms with E-state index < -0.39 is 6.10 Å². The molecule has 0 spiro atoms. The number of hydrogen-bond acceptors (Lipinski definition) is 4. The Bertz CT molecular complexity index is 337. The topological polar surface area (TPSA) is 65.6 Å². The molecule has 3 atom stereocenters. The van der Waals surface area contributed by atoms with Crippen molar-refractivity contribution in [2.75, 3.05) is 13.2 Å². The van der Waals surface area contributed by atoms with Crippen LogP contribution in [0.4, 0.5) is 0 Å². The van der Waals surface area contributed by atoms with E-state index >= 15 is 0 Å². The molecule has 2 rings (SSSR count). The molecule has 1 aromatic rings. The van der Waals surface area contributed by atoms with Gasteiger partial charge in [-0.2, -0.15) is 0 Å². The smallest absolute Gasteiger partial charge is 0.117 e. The molecule has 3 N–H and O–H groups in total. The Labute approximate surface area is 95.3 Å². The molecule has 0 aliphatic heterocycles. The van der Waals surface area contributed by atoms with Crippen molar-refractivity contribution in [1.82, 2.24) is 5.32 Å². The number of furan rings is 1. The standard InChI is InChI=1S/C12H19NO3/c1-8-4-11(8)12-3-2-10(16-12)6-13-5-9(15)7-14/h2-3,8-9,11,13-15H,4-7H2,1H3. The van der Waals surface area contributed by atoms with Gasteiger partial charge >= 0.3 is 0 Å². The highest BCUT2D eigenvalue weighted by molar-refractivity contribution is 5.17. The lowest BCUT2D eigenvalue weighted by atomic mass is 10.3. The quantitative estimate of drug-likeness (QED) is 0.671. The molecule has 1 aliphatic carbocycles. The van der Waals surface area contributed by atoms with Crippen molar-refractivity contribution in [1.29, 1.82) is 0 Å². The Balaban J connectivity index is 1.75. The SMILES string of the molecule is CC1CC1c1ccc(CNCC(O)CO)o1. The van der Waals surface area contributed by atoms with Crippen LogP contribution in [0, 0.1) is 5.92 Å². The van der Waals surface area contributed by atoms with Gasteiger partial charge in [-0.1, -0.05) is 6.92 Å². The molecule has 90 valence electrons. The lowest BCUT2D eigenvalue weighted by molar-refractivity contribution is 0.0938. The van der Waals surface area contributed by atoms with Crippen LogP contribution >= 0.6 is 0 Å². The summed E-state index contributed by atoms with van der Waals surface area (Å²) in [7, 11) is 0. The summed E-state index contributed by atoms with van der Waals surface area (Å²) in [4.78, 5) is 0. The number of nitrogens with one attached hydrogen (secondary N) is 1. The molecule has 16 heavy (non-hydrogen) atoms. The van der Waals surface area contributed by atoms with Crippen LogP contribution in [0.5, 0.6) is 0 Å². The van der Waals surface area contributed by atoms with Gasteiger partial charge in [-0.05, 0) is 24.5 Å². The van der Waals surface area contributed by atoms with E-state index in [1.54, 1.807) is 0 Å². The molecule has 0 saturated heterocycles. The molecule has 0 bridgehead atoms. The Hall–Kier alpha value is -0.840. The highest BCUT2D eigenvalue weighted by Crippen LogP contribution is 2.47. The first-order valence-electron chi connectivity index (χ1n) is 5.79. The van der Waals surface area contributed by atoms with Gasteiger partial charge in [-0.25, -0.2) is 0 Å². The van der Waals surface area contributed by atoms with Gasteiger partial charge < -0.3 is 19.9 Å². The predicted octanol–water partition coefficient (Wildman–Crippen LogP) is 0.846. The van der Waals surface area contributed by atoms with E-state index in [0.717, 1.165) is 17.4 Å². The van der Waals surface area contributed by atoms with Crippen molar-refractivity contribution in [3.05, 3.63) is 23.7 Å². The molecule has 0 radical (unpaired) electrons. The third-order valence-electron chi connectivity index (χ3n) is 3.05. The zero-order valence-electron chi connectivity index (χ0n) is 9.52. The third kappa shape index (κ3) is 2.84. The minimum atomic E-state index is -0.696. The average Bonchev–Trinajstić information content (AvgIpc) is 2.82. The molecule has 3 unspecified atom stereocenters. The van der Waals surface area contributed by atoms with E-state index in [1.165, 1.54) is 6.42 Å². The molecular weight excluding hydrogens is 206 g/mol. The van der Waals surface area contributed by atoms with E-state index in [2.05, 4.69) is 12.2 Å². The fourth-order valence-corrected chi connectivity index (χ4v) is 1.83. The van der Waals surface area contributed by atoms with Crippen molar-refractivity contribution in [2.45, 2.75) is 31.9 Å². The van der Waals surface area contributed by atoms with Gasteiger partial charge in [0, 0.05) is 12.5 Å². The van der Waals surface area contributed by atoms with Crippen LogP contribution in [-0.2, 0) is 6.54 Å². The molecule has 1 aromatic heterocycles. The van der Waals surface area contributed by atoms with Gasteiger partial charge in [0.05, 0.1) is 19.3 Å². The zero-order valence-corrected chi connectivity index (χ0v) is 9.52. The lowest BCUT2D eigenvalue weighted by Gasteiger charge is -2.07. The first-order valence-corrected chi connectivity index (χ1v) is 5.79. The largest absolute Gasteiger partial charge is 0.464 e. The summed E-state index contributed by atoms with van der Waals surface area (Å²) in [5.74, 6) is 3.33. The average molecular weight is 225 g/mol. The lowest BCUT2D eigenvalue weighted by Crippen LogP contribution is -2.28. The maximum atomic E-state index is 9.13. The van der Waals surface area contributed by atoms with E-state index in [4.69, 9.17) is 14.6 Å². The van der Waals surface area contributed by atoms with E-state index in [1.807, 2.05) is 12.1 Å². The fourth-order valence-electron chi connectivity index (χ4n) is 1.83. The van der Waals surface area contributed by atoms with Crippen molar-refractivity contribution >= 4 is 0 Å². The summed E-state index contributed by atoms with van der Waals surface area (Å²) < 4.78 is 5.69. The van der Waals surface area contributed by atoms with E-state index in [9.17, 15) is 0 Å².